The Labute approximate surface area is 97.4 Å². The van der Waals surface area contributed by atoms with Crippen LogP contribution < -0.4 is 10.6 Å². The quantitative estimate of drug-likeness (QED) is 0.741. The minimum atomic E-state index is -0.470. The predicted molar refractivity (Wildman–Crippen MR) is 60.9 cm³/mol. The van der Waals surface area contributed by atoms with Gasteiger partial charge in [-0.3, -0.25) is 0 Å². The molecule has 1 aliphatic rings. The van der Waals surface area contributed by atoms with Gasteiger partial charge in [-0.05, 0) is 0 Å². The molecule has 0 spiro atoms. The summed E-state index contributed by atoms with van der Waals surface area (Å²) in [4.78, 5) is 9.59. The van der Waals surface area contributed by atoms with Crippen molar-refractivity contribution in [2.45, 2.75) is 0 Å². The average molecular weight is 242 g/mol. The fourth-order valence-electron chi connectivity index (χ4n) is 1.47. The Morgan fingerprint density at radius 1 is 1.50 bits per heavy atom. The molecule has 16 heavy (non-hydrogen) atoms. The number of hydrogen-bond donors (Lipinski definition) is 1. The molecule has 1 aromatic rings. The summed E-state index contributed by atoms with van der Waals surface area (Å²) < 4.78 is 18.7. The van der Waals surface area contributed by atoms with Crippen LogP contribution in [0.2, 0.25) is 0 Å². The van der Waals surface area contributed by atoms with Crippen LogP contribution in [0.15, 0.2) is 6.20 Å². The molecule has 1 aromatic heterocycles. The van der Waals surface area contributed by atoms with Crippen LogP contribution in [0.5, 0.6) is 0 Å². The van der Waals surface area contributed by atoms with Gasteiger partial charge in [-0.15, -0.1) is 0 Å². The van der Waals surface area contributed by atoms with Gasteiger partial charge in [-0.1, -0.05) is 12.2 Å². The molecule has 2 heterocycles. The lowest BCUT2D eigenvalue weighted by atomic mass is 10.4. The molecular weight excluding hydrogens is 231 g/mol. The standard InChI is InChI=1S/C9H11FN4OS/c10-6-5-12-8(7(11)16)13-9(6)14-1-3-15-4-2-14/h5H,1-4H2,(H2,11,16). The maximum Gasteiger partial charge on any atom is 0.189 e. The minimum absolute atomic E-state index is 0.0644. The number of hydrogen-bond acceptors (Lipinski definition) is 5. The van der Waals surface area contributed by atoms with Gasteiger partial charge in [-0.25, -0.2) is 14.4 Å². The van der Waals surface area contributed by atoms with Crippen molar-refractivity contribution in [2.24, 2.45) is 5.73 Å². The van der Waals surface area contributed by atoms with E-state index in [0.29, 0.717) is 26.3 Å². The Kier molecular flexibility index (Phi) is 3.25. The number of nitrogens with zero attached hydrogens (tertiary/aromatic N) is 3. The Balaban J connectivity index is 2.30. The maximum absolute atomic E-state index is 13.5. The first-order valence-electron chi connectivity index (χ1n) is 4.83. The second kappa shape index (κ2) is 4.67. The van der Waals surface area contributed by atoms with Gasteiger partial charge < -0.3 is 15.4 Å². The molecule has 0 aliphatic carbocycles. The van der Waals surface area contributed by atoms with Crippen LogP contribution in [0.4, 0.5) is 10.2 Å². The van der Waals surface area contributed by atoms with Crippen molar-refractivity contribution in [3.8, 4) is 0 Å². The first-order chi connectivity index (χ1) is 7.68. The minimum Gasteiger partial charge on any atom is -0.387 e. The van der Waals surface area contributed by atoms with Crippen molar-refractivity contribution < 1.29 is 9.13 Å². The van der Waals surface area contributed by atoms with E-state index < -0.39 is 5.82 Å². The number of thiocarbonyl (C=S) groups is 1. The van der Waals surface area contributed by atoms with Crippen LogP contribution in [0.3, 0.4) is 0 Å². The molecule has 1 fully saturated rings. The summed E-state index contributed by atoms with van der Waals surface area (Å²) in [5.74, 6) is -0.0408. The van der Waals surface area contributed by atoms with Crippen molar-refractivity contribution in [3.63, 3.8) is 0 Å². The molecule has 0 atom stereocenters. The number of morpholine rings is 1. The molecule has 86 valence electrons. The van der Waals surface area contributed by atoms with E-state index in [9.17, 15) is 4.39 Å². The van der Waals surface area contributed by atoms with E-state index in [1.54, 1.807) is 4.90 Å². The summed E-state index contributed by atoms with van der Waals surface area (Å²) in [7, 11) is 0. The third-order valence-corrected chi connectivity index (χ3v) is 2.44. The van der Waals surface area contributed by atoms with E-state index in [-0.39, 0.29) is 16.6 Å². The number of anilines is 1. The summed E-state index contributed by atoms with van der Waals surface area (Å²) in [6.45, 7) is 2.33. The molecule has 5 nitrogen and oxygen atoms in total. The molecule has 0 aromatic carbocycles. The molecule has 2 rings (SSSR count). The zero-order valence-electron chi connectivity index (χ0n) is 8.52. The summed E-state index contributed by atoms with van der Waals surface area (Å²) in [5, 5.41) is 0. The van der Waals surface area contributed by atoms with E-state index in [0.717, 1.165) is 6.20 Å². The van der Waals surface area contributed by atoms with E-state index in [1.165, 1.54) is 0 Å². The zero-order valence-corrected chi connectivity index (χ0v) is 9.34. The van der Waals surface area contributed by atoms with Gasteiger partial charge in [0.2, 0.25) is 0 Å². The Morgan fingerprint density at radius 2 is 2.19 bits per heavy atom. The molecular formula is C9H11FN4OS. The molecule has 0 radical (unpaired) electrons. The van der Waals surface area contributed by atoms with Crippen LogP contribution in [0.1, 0.15) is 5.82 Å². The van der Waals surface area contributed by atoms with Crippen molar-refractivity contribution in [3.05, 3.63) is 17.8 Å². The summed E-state index contributed by atoms with van der Waals surface area (Å²) in [6.07, 6.45) is 1.09. The lowest BCUT2D eigenvalue weighted by Crippen LogP contribution is -2.37. The third-order valence-electron chi connectivity index (χ3n) is 2.26. The smallest absolute Gasteiger partial charge is 0.189 e. The average Bonchev–Trinajstić information content (AvgIpc) is 2.30. The Bertz CT molecular complexity index is 408. The van der Waals surface area contributed by atoms with Crippen LogP contribution in [-0.2, 0) is 4.74 Å². The third kappa shape index (κ3) is 2.25. The zero-order chi connectivity index (χ0) is 11.5. The topological polar surface area (TPSA) is 64.3 Å². The fourth-order valence-corrected chi connectivity index (χ4v) is 1.57. The fraction of sp³-hybridized carbons (Fsp3) is 0.444. The number of halogens is 1. The second-order valence-electron chi connectivity index (χ2n) is 3.33. The van der Waals surface area contributed by atoms with Gasteiger partial charge in [0, 0.05) is 13.1 Å². The van der Waals surface area contributed by atoms with E-state index in [2.05, 4.69) is 9.97 Å². The van der Waals surface area contributed by atoms with Crippen LogP contribution in [-0.4, -0.2) is 41.3 Å². The normalized spacial score (nSPS) is 16.2. The molecule has 2 N–H and O–H groups in total. The predicted octanol–water partition coefficient (Wildman–Crippen LogP) is 0.0865. The lowest BCUT2D eigenvalue weighted by Gasteiger charge is -2.27. The maximum atomic E-state index is 13.5. The summed E-state index contributed by atoms with van der Waals surface area (Å²) in [6, 6.07) is 0. The number of nitrogens with two attached hydrogens (primary N) is 1. The largest absolute Gasteiger partial charge is 0.387 e. The van der Waals surface area contributed by atoms with Crippen molar-refractivity contribution in [2.75, 3.05) is 31.2 Å². The van der Waals surface area contributed by atoms with Crippen molar-refractivity contribution >= 4 is 23.0 Å². The second-order valence-corrected chi connectivity index (χ2v) is 3.77. The molecule has 1 saturated heterocycles. The lowest BCUT2D eigenvalue weighted by molar-refractivity contribution is 0.122. The first-order valence-corrected chi connectivity index (χ1v) is 5.24. The highest BCUT2D eigenvalue weighted by molar-refractivity contribution is 7.80. The van der Waals surface area contributed by atoms with Gasteiger partial charge in [-0.2, -0.15) is 0 Å². The molecule has 0 unspecified atom stereocenters. The number of ether oxygens (including phenoxy) is 1. The van der Waals surface area contributed by atoms with Crippen molar-refractivity contribution in [1.82, 2.24) is 9.97 Å². The van der Waals surface area contributed by atoms with Gasteiger partial charge in [0.25, 0.3) is 0 Å². The van der Waals surface area contributed by atoms with Crippen LogP contribution >= 0.6 is 12.2 Å². The highest BCUT2D eigenvalue weighted by atomic mass is 32.1. The Hall–Kier alpha value is -1.34. The first kappa shape index (κ1) is 11.2. The van der Waals surface area contributed by atoms with E-state index in [4.69, 9.17) is 22.7 Å². The van der Waals surface area contributed by atoms with Gasteiger partial charge >= 0.3 is 0 Å². The Morgan fingerprint density at radius 3 is 2.81 bits per heavy atom. The van der Waals surface area contributed by atoms with Gasteiger partial charge in [0.15, 0.2) is 17.5 Å². The number of rotatable bonds is 2. The van der Waals surface area contributed by atoms with Gasteiger partial charge in [0.1, 0.15) is 4.99 Å². The number of aromatic nitrogens is 2. The van der Waals surface area contributed by atoms with E-state index in [1.807, 2.05) is 0 Å². The SMILES string of the molecule is NC(=S)c1ncc(F)c(N2CCOCC2)n1. The molecule has 0 amide bonds. The summed E-state index contributed by atoms with van der Waals surface area (Å²) >= 11 is 4.75. The highest BCUT2D eigenvalue weighted by Crippen LogP contribution is 2.16. The van der Waals surface area contributed by atoms with Crippen LogP contribution in [0.25, 0.3) is 0 Å². The summed E-state index contributed by atoms with van der Waals surface area (Å²) in [5.41, 5.74) is 5.40. The molecule has 1 aliphatic heterocycles. The van der Waals surface area contributed by atoms with Gasteiger partial charge in [0.05, 0.1) is 19.4 Å². The van der Waals surface area contributed by atoms with Crippen molar-refractivity contribution in [1.29, 1.82) is 0 Å². The molecule has 0 saturated carbocycles. The molecule has 0 bridgehead atoms. The monoisotopic (exact) mass is 242 g/mol. The van der Waals surface area contributed by atoms with E-state index >= 15 is 0 Å². The molecule has 7 heteroatoms. The van der Waals surface area contributed by atoms with Crippen LogP contribution in [0, 0.1) is 5.82 Å². The highest BCUT2D eigenvalue weighted by Gasteiger charge is 2.18.